The van der Waals surface area contributed by atoms with Crippen molar-refractivity contribution >= 4 is 28.7 Å². The monoisotopic (exact) mass is 382 g/mol. The molecule has 27 heavy (non-hydrogen) atoms. The van der Waals surface area contributed by atoms with Crippen LogP contribution in [-0.4, -0.2) is 45.7 Å². The average Bonchev–Trinajstić information content (AvgIpc) is 3.36. The number of hydrogen-bond acceptors (Lipinski definition) is 7. The van der Waals surface area contributed by atoms with Gasteiger partial charge in [0.2, 0.25) is 0 Å². The molecule has 3 aromatic heterocycles. The van der Waals surface area contributed by atoms with Crippen molar-refractivity contribution < 1.29 is 4.79 Å². The molecule has 0 fully saturated rings. The lowest BCUT2D eigenvalue weighted by atomic mass is 10.3. The van der Waals surface area contributed by atoms with Crippen molar-refractivity contribution in [3.05, 3.63) is 53.4 Å². The Kier molecular flexibility index (Phi) is 4.63. The second-order valence-electron chi connectivity index (χ2n) is 6.16. The van der Waals surface area contributed by atoms with Crippen LogP contribution in [0.15, 0.2) is 30.6 Å². The van der Waals surface area contributed by atoms with Gasteiger partial charge in [-0.05, 0) is 26.0 Å². The summed E-state index contributed by atoms with van der Waals surface area (Å²) in [4.78, 5) is 16.8. The number of nitrogens with zero attached hydrogens (tertiary/aromatic N) is 7. The van der Waals surface area contributed by atoms with Gasteiger partial charge in [-0.25, -0.2) is 9.67 Å². The molecule has 1 amide bonds. The predicted octanol–water partition coefficient (Wildman–Crippen LogP) is 1.57. The van der Waals surface area contributed by atoms with Gasteiger partial charge in [0.25, 0.3) is 5.91 Å². The van der Waals surface area contributed by atoms with E-state index >= 15 is 0 Å². The van der Waals surface area contributed by atoms with Crippen LogP contribution >= 0.6 is 11.7 Å². The highest BCUT2D eigenvalue weighted by atomic mass is 32.1. The van der Waals surface area contributed by atoms with E-state index in [-0.39, 0.29) is 5.91 Å². The molecule has 0 saturated carbocycles. The van der Waals surface area contributed by atoms with Crippen LogP contribution in [0.1, 0.15) is 27.6 Å². The fraction of sp³-hybridized carbons (Fsp3) is 0.294. The Morgan fingerprint density at radius 3 is 2.89 bits per heavy atom. The zero-order valence-electron chi connectivity index (χ0n) is 15.0. The molecule has 4 rings (SSSR count). The Hall–Kier alpha value is -3.14. The van der Waals surface area contributed by atoms with Gasteiger partial charge in [0, 0.05) is 13.1 Å². The molecule has 10 heteroatoms. The SMILES string of the molecule is Cc1nsnc1Cn1nnc(C(=O)NCCn2cnc3ccccc32)c1C. The average molecular weight is 382 g/mol. The summed E-state index contributed by atoms with van der Waals surface area (Å²) in [5.41, 5.74) is 4.72. The highest BCUT2D eigenvalue weighted by Gasteiger charge is 2.17. The van der Waals surface area contributed by atoms with Gasteiger partial charge >= 0.3 is 0 Å². The molecule has 0 spiro atoms. The standard InChI is InChI=1S/C17H18N8OS/c1-11-14(22-27-21-11)9-25-12(2)16(20-23-25)17(26)18-7-8-24-10-19-13-5-3-4-6-15(13)24/h3-6,10H,7-9H2,1-2H3,(H,18,26). The highest BCUT2D eigenvalue weighted by Crippen LogP contribution is 2.12. The van der Waals surface area contributed by atoms with Gasteiger partial charge in [-0.15, -0.1) is 5.10 Å². The minimum atomic E-state index is -0.240. The third kappa shape index (κ3) is 3.43. The summed E-state index contributed by atoms with van der Waals surface area (Å²) in [6, 6.07) is 7.90. The van der Waals surface area contributed by atoms with Crippen LogP contribution in [0.5, 0.6) is 0 Å². The number of para-hydroxylation sites is 2. The molecule has 9 nitrogen and oxygen atoms in total. The second-order valence-corrected chi connectivity index (χ2v) is 6.69. The number of hydrogen-bond donors (Lipinski definition) is 1. The maximum absolute atomic E-state index is 12.5. The molecule has 0 radical (unpaired) electrons. The Bertz CT molecular complexity index is 1100. The first-order valence-corrected chi connectivity index (χ1v) is 9.22. The Balaban J connectivity index is 1.39. The number of aromatic nitrogens is 7. The first-order valence-electron chi connectivity index (χ1n) is 8.49. The molecule has 0 aliphatic carbocycles. The molecule has 4 aromatic rings. The summed E-state index contributed by atoms with van der Waals surface area (Å²) in [5.74, 6) is -0.240. The van der Waals surface area contributed by atoms with Gasteiger partial charge in [-0.3, -0.25) is 4.79 Å². The van der Waals surface area contributed by atoms with Gasteiger partial charge in [0.05, 0.1) is 52.7 Å². The number of rotatable bonds is 6. The van der Waals surface area contributed by atoms with Crippen LogP contribution in [0.25, 0.3) is 11.0 Å². The van der Waals surface area contributed by atoms with Gasteiger partial charge in [-0.1, -0.05) is 17.3 Å². The summed E-state index contributed by atoms with van der Waals surface area (Å²) in [5, 5.41) is 11.0. The molecule has 138 valence electrons. The molecular weight excluding hydrogens is 364 g/mol. The summed E-state index contributed by atoms with van der Waals surface area (Å²) in [6.45, 7) is 5.28. The third-order valence-electron chi connectivity index (χ3n) is 4.41. The third-order valence-corrected chi connectivity index (χ3v) is 5.07. The number of fused-ring (bicyclic) bond motifs is 1. The first kappa shape index (κ1) is 17.3. The Labute approximate surface area is 159 Å². The predicted molar refractivity (Wildman–Crippen MR) is 101 cm³/mol. The fourth-order valence-electron chi connectivity index (χ4n) is 2.82. The number of nitrogens with one attached hydrogen (secondary N) is 1. The van der Waals surface area contributed by atoms with Crippen molar-refractivity contribution in [3.8, 4) is 0 Å². The number of amides is 1. The summed E-state index contributed by atoms with van der Waals surface area (Å²) in [7, 11) is 0. The van der Waals surface area contributed by atoms with E-state index in [0.29, 0.717) is 31.0 Å². The molecule has 0 atom stereocenters. The van der Waals surface area contributed by atoms with Crippen LogP contribution in [0.4, 0.5) is 0 Å². The van der Waals surface area contributed by atoms with Crippen molar-refractivity contribution in [1.29, 1.82) is 0 Å². The normalized spacial score (nSPS) is 11.2. The van der Waals surface area contributed by atoms with Crippen LogP contribution in [-0.2, 0) is 13.1 Å². The Morgan fingerprint density at radius 2 is 2.07 bits per heavy atom. The van der Waals surface area contributed by atoms with Crippen LogP contribution in [0.3, 0.4) is 0 Å². The maximum Gasteiger partial charge on any atom is 0.273 e. The summed E-state index contributed by atoms with van der Waals surface area (Å²) >= 11 is 1.17. The van der Waals surface area contributed by atoms with E-state index in [1.165, 1.54) is 11.7 Å². The maximum atomic E-state index is 12.5. The van der Waals surface area contributed by atoms with Crippen molar-refractivity contribution in [3.63, 3.8) is 0 Å². The van der Waals surface area contributed by atoms with E-state index in [1.807, 2.05) is 42.7 Å². The topological polar surface area (TPSA) is 103 Å². The Morgan fingerprint density at radius 1 is 1.22 bits per heavy atom. The summed E-state index contributed by atoms with van der Waals surface area (Å²) < 4.78 is 12.1. The minimum absolute atomic E-state index is 0.240. The quantitative estimate of drug-likeness (QED) is 0.543. The van der Waals surface area contributed by atoms with E-state index < -0.39 is 0 Å². The zero-order valence-corrected chi connectivity index (χ0v) is 15.8. The van der Waals surface area contributed by atoms with Gasteiger partial charge in [-0.2, -0.15) is 8.75 Å². The molecule has 0 aliphatic rings. The molecule has 1 aromatic carbocycles. The smallest absolute Gasteiger partial charge is 0.273 e. The number of benzene rings is 1. The molecule has 0 bridgehead atoms. The lowest BCUT2D eigenvalue weighted by Gasteiger charge is -2.06. The zero-order chi connectivity index (χ0) is 18.8. The molecule has 3 heterocycles. The van der Waals surface area contributed by atoms with Crippen LogP contribution in [0, 0.1) is 13.8 Å². The number of aryl methyl sites for hydroxylation is 1. The van der Waals surface area contributed by atoms with E-state index in [2.05, 4.69) is 29.4 Å². The van der Waals surface area contributed by atoms with Gasteiger partial charge in [0.15, 0.2) is 5.69 Å². The molecule has 0 aliphatic heterocycles. The minimum Gasteiger partial charge on any atom is -0.349 e. The number of carbonyl (C=O) groups excluding carboxylic acids is 1. The van der Waals surface area contributed by atoms with Crippen molar-refractivity contribution in [2.45, 2.75) is 26.9 Å². The van der Waals surface area contributed by atoms with Crippen LogP contribution in [0.2, 0.25) is 0 Å². The van der Waals surface area contributed by atoms with Crippen molar-refractivity contribution in [2.75, 3.05) is 6.54 Å². The fourth-order valence-corrected chi connectivity index (χ4v) is 3.37. The molecule has 1 N–H and O–H groups in total. The van der Waals surface area contributed by atoms with Crippen LogP contribution < -0.4 is 5.32 Å². The summed E-state index contributed by atoms with van der Waals surface area (Å²) in [6.07, 6.45) is 1.78. The van der Waals surface area contributed by atoms with Gasteiger partial charge in [0.1, 0.15) is 0 Å². The van der Waals surface area contributed by atoms with E-state index in [0.717, 1.165) is 22.4 Å². The highest BCUT2D eigenvalue weighted by molar-refractivity contribution is 6.99. The first-order chi connectivity index (χ1) is 13.1. The largest absolute Gasteiger partial charge is 0.349 e. The molecule has 0 unspecified atom stereocenters. The number of imidazole rings is 1. The molecular formula is C17H18N8OS. The lowest BCUT2D eigenvalue weighted by Crippen LogP contribution is -2.28. The van der Waals surface area contributed by atoms with E-state index in [9.17, 15) is 4.79 Å². The van der Waals surface area contributed by atoms with Gasteiger partial charge < -0.3 is 9.88 Å². The second kappa shape index (κ2) is 7.23. The van der Waals surface area contributed by atoms with E-state index in [4.69, 9.17) is 0 Å². The molecule has 0 saturated heterocycles. The van der Waals surface area contributed by atoms with Crippen molar-refractivity contribution in [2.24, 2.45) is 0 Å². The number of carbonyl (C=O) groups is 1. The van der Waals surface area contributed by atoms with Crippen molar-refractivity contribution in [1.82, 2.24) is 38.6 Å². The lowest BCUT2D eigenvalue weighted by molar-refractivity contribution is 0.0946. The van der Waals surface area contributed by atoms with E-state index in [1.54, 1.807) is 11.0 Å².